The first kappa shape index (κ1) is 21.5. The number of hydrogen-bond donors (Lipinski definition) is 1. The fourth-order valence-electron chi connectivity index (χ4n) is 3.93. The minimum atomic E-state index is -0.325. The van der Waals surface area contributed by atoms with Gasteiger partial charge in [0.1, 0.15) is 17.2 Å². The number of rotatable bonds is 6. The highest BCUT2D eigenvalue weighted by Crippen LogP contribution is 2.29. The van der Waals surface area contributed by atoms with Crippen LogP contribution in [0.25, 0.3) is 0 Å². The van der Waals surface area contributed by atoms with Gasteiger partial charge in [-0.25, -0.2) is 14.3 Å². The Morgan fingerprint density at radius 2 is 1.84 bits per heavy atom. The van der Waals surface area contributed by atoms with E-state index < -0.39 is 0 Å². The Labute approximate surface area is 183 Å². The van der Waals surface area contributed by atoms with E-state index in [9.17, 15) is 14.0 Å². The van der Waals surface area contributed by atoms with Crippen molar-refractivity contribution in [2.75, 3.05) is 27.3 Å². The third-order valence-electron chi connectivity index (χ3n) is 5.66. The second kappa shape index (κ2) is 9.21. The number of H-pyrrole nitrogens is 1. The number of nitrogens with one attached hydrogen (secondary N) is 1. The summed E-state index contributed by atoms with van der Waals surface area (Å²) in [5.41, 5.74) is 0.875. The smallest absolute Gasteiger partial charge is 0.343 e. The maximum atomic E-state index is 13.2. The lowest BCUT2D eigenvalue weighted by atomic mass is 9.95. The number of amides is 1. The third kappa shape index (κ3) is 4.34. The van der Waals surface area contributed by atoms with Gasteiger partial charge in [-0.15, -0.1) is 0 Å². The van der Waals surface area contributed by atoms with Crippen LogP contribution in [0.1, 0.15) is 40.5 Å². The number of carbonyl (C=O) groups is 1. The quantitative estimate of drug-likeness (QED) is 0.629. The Hall–Kier alpha value is -3.69. The minimum absolute atomic E-state index is 0.0225. The predicted molar refractivity (Wildman–Crippen MR) is 114 cm³/mol. The molecule has 1 aliphatic rings. The van der Waals surface area contributed by atoms with Crippen LogP contribution < -0.4 is 15.2 Å². The molecule has 1 aromatic carbocycles. The van der Waals surface area contributed by atoms with Gasteiger partial charge in [-0.2, -0.15) is 10.1 Å². The molecule has 168 valence electrons. The number of halogens is 1. The normalized spacial score (nSPS) is 14.4. The lowest BCUT2D eigenvalue weighted by Gasteiger charge is -2.31. The molecule has 0 bridgehead atoms. The highest BCUT2D eigenvalue weighted by molar-refractivity contribution is 5.96. The number of ether oxygens (including phenoxy) is 2. The SMILES string of the molecule is COc1ccc(C(=O)N2CCC(c3n[nH]c(=O)n3Cc3ccc(F)cc3)CC2)c(OC)n1. The molecule has 0 aliphatic carbocycles. The van der Waals surface area contributed by atoms with Crippen LogP contribution >= 0.6 is 0 Å². The molecule has 1 amide bonds. The molecule has 32 heavy (non-hydrogen) atoms. The lowest BCUT2D eigenvalue weighted by Crippen LogP contribution is -2.39. The van der Waals surface area contributed by atoms with Gasteiger partial charge in [-0.1, -0.05) is 12.1 Å². The summed E-state index contributed by atoms with van der Waals surface area (Å²) < 4.78 is 25.1. The number of carbonyl (C=O) groups excluding carboxylic acids is 1. The van der Waals surface area contributed by atoms with E-state index >= 15 is 0 Å². The van der Waals surface area contributed by atoms with Gasteiger partial charge in [0.2, 0.25) is 11.8 Å². The van der Waals surface area contributed by atoms with Crippen molar-refractivity contribution in [3.05, 3.63) is 69.7 Å². The summed E-state index contributed by atoms with van der Waals surface area (Å²) in [4.78, 5) is 31.3. The molecule has 1 saturated heterocycles. The van der Waals surface area contributed by atoms with E-state index in [1.54, 1.807) is 33.7 Å². The van der Waals surface area contributed by atoms with Crippen LogP contribution in [-0.4, -0.2) is 57.9 Å². The molecule has 3 heterocycles. The average molecular weight is 441 g/mol. The van der Waals surface area contributed by atoms with Crippen LogP contribution in [0.3, 0.4) is 0 Å². The van der Waals surface area contributed by atoms with Gasteiger partial charge in [-0.3, -0.25) is 9.36 Å². The van der Waals surface area contributed by atoms with Gasteiger partial charge in [0.05, 0.1) is 20.8 Å². The van der Waals surface area contributed by atoms with Gasteiger partial charge in [0.15, 0.2) is 0 Å². The molecule has 0 radical (unpaired) electrons. The van der Waals surface area contributed by atoms with E-state index in [1.165, 1.54) is 26.4 Å². The van der Waals surface area contributed by atoms with E-state index in [0.717, 1.165) is 5.56 Å². The van der Waals surface area contributed by atoms with Gasteiger partial charge in [0, 0.05) is 25.1 Å². The number of nitrogens with zero attached hydrogens (tertiary/aromatic N) is 4. The predicted octanol–water partition coefficient (Wildman–Crippen LogP) is 2.19. The summed E-state index contributed by atoms with van der Waals surface area (Å²) in [6.45, 7) is 1.32. The third-order valence-corrected chi connectivity index (χ3v) is 5.66. The number of methoxy groups -OCH3 is 2. The number of piperidine rings is 1. The average Bonchev–Trinajstić information content (AvgIpc) is 3.19. The van der Waals surface area contributed by atoms with Crippen molar-refractivity contribution < 1.29 is 18.7 Å². The minimum Gasteiger partial charge on any atom is -0.481 e. The van der Waals surface area contributed by atoms with Gasteiger partial charge >= 0.3 is 5.69 Å². The summed E-state index contributed by atoms with van der Waals surface area (Å²) in [6, 6.07) is 9.30. The topological polar surface area (TPSA) is 102 Å². The summed E-state index contributed by atoms with van der Waals surface area (Å²) in [5.74, 6) is 0.770. The zero-order valence-corrected chi connectivity index (χ0v) is 17.9. The fraction of sp³-hybridized carbons (Fsp3) is 0.364. The molecular weight excluding hydrogens is 417 g/mol. The van der Waals surface area contributed by atoms with Crippen molar-refractivity contribution >= 4 is 5.91 Å². The molecule has 0 atom stereocenters. The molecule has 2 aromatic heterocycles. The van der Waals surface area contributed by atoms with Crippen molar-refractivity contribution in [2.45, 2.75) is 25.3 Å². The lowest BCUT2D eigenvalue weighted by molar-refractivity contribution is 0.0706. The number of aromatic nitrogens is 4. The Morgan fingerprint density at radius 3 is 2.50 bits per heavy atom. The molecule has 9 nitrogen and oxygen atoms in total. The molecule has 10 heteroatoms. The van der Waals surface area contributed by atoms with Crippen LogP contribution in [-0.2, 0) is 6.54 Å². The van der Waals surface area contributed by atoms with E-state index in [-0.39, 0.29) is 29.2 Å². The van der Waals surface area contributed by atoms with Crippen LogP contribution in [0, 0.1) is 5.82 Å². The Bertz CT molecular complexity index is 1150. The largest absolute Gasteiger partial charge is 0.481 e. The molecule has 0 unspecified atom stereocenters. The first-order valence-electron chi connectivity index (χ1n) is 10.3. The maximum absolute atomic E-state index is 13.2. The van der Waals surface area contributed by atoms with Crippen LogP contribution in [0.4, 0.5) is 4.39 Å². The summed E-state index contributed by atoms with van der Waals surface area (Å²) >= 11 is 0. The van der Waals surface area contributed by atoms with Crippen LogP contribution in [0.2, 0.25) is 0 Å². The molecule has 4 rings (SSSR count). The van der Waals surface area contributed by atoms with Crippen molar-refractivity contribution in [3.8, 4) is 11.8 Å². The van der Waals surface area contributed by atoms with E-state index in [4.69, 9.17) is 9.47 Å². The van der Waals surface area contributed by atoms with Crippen molar-refractivity contribution in [2.24, 2.45) is 0 Å². The molecule has 0 spiro atoms. The summed E-state index contributed by atoms with van der Waals surface area (Å²) in [5, 5.41) is 6.75. The van der Waals surface area contributed by atoms with Crippen molar-refractivity contribution in [1.82, 2.24) is 24.6 Å². The molecular formula is C22H24FN5O4. The highest BCUT2D eigenvalue weighted by atomic mass is 19.1. The van der Waals surface area contributed by atoms with Crippen molar-refractivity contribution in [1.29, 1.82) is 0 Å². The zero-order chi connectivity index (χ0) is 22.7. The standard InChI is InChI=1S/C22H24FN5O4/c1-31-18-8-7-17(20(24-18)32-2)21(29)27-11-9-15(10-12-27)19-25-26-22(30)28(19)13-14-3-5-16(23)6-4-14/h3-8,15H,9-13H2,1-2H3,(H,26,30). The number of likely N-dealkylation sites (tertiary alicyclic amines) is 1. The van der Waals surface area contributed by atoms with Crippen LogP contribution in [0.15, 0.2) is 41.2 Å². The second-order valence-corrected chi connectivity index (χ2v) is 7.58. The first-order valence-corrected chi connectivity index (χ1v) is 10.3. The molecule has 1 N–H and O–H groups in total. The first-order chi connectivity index (χ1) is 15.5. The monoisotopic (exact) mass is 441 g/mol. The second-order valence-electron chi connectivity index (χ2n) is 7.58. The zero-order valence-electron chi connectivity index (χ0n) is 17.9. The van der Waals surface area contributed by atoms with Crippen LogP contribution in [0.5, 0.6) is 11.8 Å². The maximum Gasteiger partial charge on any atom is 0.343 e. The molecule has 0 saturated carbocycles. The Morgan fingerprint density at radius 1 is 1.12 bits per heavy atom. The molecule has 1 aliphatic heterocycles. The molecule has 1 fully saturated rings. The summed E-state index contributed by atoms with van der Waals surface area (Å²) in [7, 11) is 2.96. The van der Waals surface area contributed by atoms with Gasteiger partial charge in [-0.05, 0) is 36.6 Å². The highest BCUT2D eigenvalue weighted by Gasteiger charge is 2.29. The van der Waals surface area contributed by atoms with E-state index in [0.29, 0.717) is 49.7 Å². The number of aromatic amines is 1. The van der Waals surface area contributed by atoms with Crippen molar-refractivity contribution in [3.63, 3.8) is 0 Å². The van der Waals surface area contributed by atoms with Gasteiger partial charge in [0.25, 0.3) is 5.91 Å². The Balaban J connectivity index is 1.46. The van der Waals surface area contributed by atoms with E-state index in [1.807, 2.05) is 0 Å². The number of benzene rings is 1. The van der Waals surface area contributed by atoms with Gasteiger partial charge < -0.3 is 14.4 Å². The number of pyridine rings is 1. The fourth-order valence-corrected chi connectivity index (χ4v) is 3.93. The molecule has 3 aromatic rings. The number of hydrogen-bond acceptors (Lipinski definition) is 6. The summed E-state index contributed by atoms with van der Waals surface area (Å²) in [6.07, 6.45) is 1.32. The Kier molecular flexibility index (Phi) is 6.20. The van der Waals surface area contributed by atoms with E-state index in [2.05, 4.69) is 15.2 Å².